The number of carbonyl (C=O) groups is 2. The van der Waals surface area contributed by atoms with E-state index in [1.54, 1.807) is 6.07 Å². The normalized spacial score (nSPS) is 19.4. The van der Waals surface area contributed by atoms with E-state index in [1.165, 1.54) is 4.90 Å². The second kappa shape index (κ2) is 5.22. The molecule has 1 aliphatic rings. The second-order valence-electron chi connectivity index (χ2n) is 4.75. The van der Waals surface area contributed by atoms with Gasteiger partial charge in [0.15, 0.2) is 0 Å². The Morgan fingerprint density at radius 3 is 2.83 bits per heavy atom. The predicted octanol–water partition coefficient (Wildman–Crippen LogP) is 3.16. The van der Waals surface area contributed by atoms with Crippen LogP contribution in [0, 0.1) is 12.8 Å². The van der Waals surface area contributed by atoms with Crippen LogP contribution in [0.5, 0.6) is 0 Å². The molecule has 1 unspecified atom stereocenters. The number of likely N-dealkylation sites (tertiary alicyclic amines) is 1. The number of rotatable bonds is 2. The molecular formula is C14H16BrNO2. The molecular weight excluding hydrogens is 294 g/mol. The van der Waals surface area contributed by atoms with Crippen LogP contribution < -0.4 is 0 Å². The number of aryl methyl sites for hydroxylation is 1. The standard InChI is InChI=1S/C14H16BrNO2/c1-3-10-6-13(17)16(8-10)14(18)12-7-11(15)5-4-9(12)2/h4-5,7,10H,3,6,8H2,1-2H3. The van der Waals surface area contributed by atoms with Crippen molar-refractivity contribution in [2.45, 2.75) is 26.7 Å². The molecule has 1 aliphatic heterocycles. The van der Waals surface area contributed by atoms with E-state index in [0.717, 1.165) is 16.5 Å². The minimum atomic E-state index is -0.172. The van der Waals surface area contributed by atoms with E-state index < -0.39 is 0 Å². The molecule has 18 heavy (non-hydrogen) atoms. The number of imide groups is 1. The zero-order valence-electron chi connectivity index (χ0n) is 10.6. The quantitative estimate of drug-likeness (QED) is 0.787. The highest BCUT2D eigenvalue weighted by Crippen LogP contribution is 2.24. The summed E-state index contributed by atoms with van der Waals surface area (Å²) < 4.78 is 0.857. The first-order valence-corrected chi connectivity index (χ1v) is 6.93. The fraction of sp³-hybridized carbons (Fsp3) is 0.429. The number of halogens is 1. The number of nitrogens with zero attached hydrogens (tertiary/aromatic N) is 1. The van der Waals surface area contributed by atoms with E-state index in [9.17, 15) is 9.59 Å². The van der Waals surface area contributed by atoms with Crippen LogP contribution in [-0.2, 0) is 4.79 Å². The van der Waals surface area contributed by atoms with E-state index in [0.29, 0.717) is 24.4 Å². The Morgan fingerprint density at radius 2 is 2.22 bits per heavy atom. The molecule has 0 N–H and O–H groups in total. The average Bonchev–Trinajstić information content (AvgIpc) is 2.73. The van der Waals surface area contributed by atoms with Gasteiger partial charge in [-0.15, -0.1) is 0 Å². The number of benzene rings is 1. The smallest absolute Gasteiger partial charge is 0.260 e. The lowest BCUT2D eigenvalue weighted by molar-refractivity contribution is -0.125. The van der Waals surface area contributed by atoms with Gasteiger partial charge in [0.1, 0.15) is 0 Å². The van der Waals surface area contributed by atoms with Gasteiger partial charge >= 0.3 is 0 Å². The van der Waals surface area contributed by atoms with Gasteiger partial charge in [-0.05, 0) is 30.5 Å². The topological polar surface area (TPSA) is 37.4 Å². The zero-order valence-corrected chi connectivity index (χ0v) is 12.2. The summed E-state index contributed by atoms with van der Waals surface area (Å²) in [6.45, 7) is 4.49. The summed E-state index contributed by atoms with van der Waals surface area (Å²) in [7, 11) is 0. The summed E-state index contributed by atoms with van der Waals surface area (Å²) in [5.74, 6) is 0.0925. The molecule has 96 valence electrons. The second-order valence-corrected chi connectivity index (χ2v) is 5.66. The molecule has 4 heteroatoms. The van der Waals surface area contributed by atoms with Crippen LogP contribution in [0.2, 0.25) is 0 Å². The van der Waals surface area contributed by atoms with Gasteiger partial charge < -0.3 is 0 Å². The molecule has 1 atom stereocenters. The summed E-state index contributed by atoms with van der Waals surface area (Å²) >= 11 is 3.36. The van der Waals surface area contributed by atoms with Crippen molar-refractivity contribution >= 4 is 27.7 Å². The molecule has 0 bridgehead atoms. The summed E-state index contributed by atoms with van der Waals surface area (Å²) in [5.41, 5.74) is 1.51. The first kappa shape index (κ1) is 13.3. The highest BCUT2D eigenvalue weighted by Gasteiger charge is 2.33. The van der Waals surface area contributed by atoms with Crippen molar-refractivity contribution < 1.29 is 9.59 Å². The lowest BCUT2D eigenvalue weighted by Crippen LogP contribution is -2.32. The van der Waals surface area contributed by atoms with Crippen molar-refractivity contribution in [2.75, 3.05) is 6.54 Å². The summed E-state index contributed by atoms with van der Waals surface area (Å²) in [6.07, 6.45) is 1.43. The maximum absolute atomic E-state index is 12.4. The molecule has 1 aromatic carbocycles. The number of carbonyl (C=O) groups excluding carboxylic acids is 2. The van der Waals surface area contributed by atoms with Gasteiger partial charge in [0.25, 0.3) is 5.91 Å². The van der Waals surface area contributed by atoms with Gasteiger partial charge in [-0.3, -0.25) is 14.5 Å². The third kappa shape index (κ3) is 2.48. The molecule has 0 spiro atoms. The summed E-state index contributed by atoms with van der Waals surface area (Å²) in [5, 5.41) is 0. The molecule has 2 amide bonds. The third-order valence-electron chi connectivity index (χ3n) is 3.46. The van der Waals surface area contributed by atoms with E-state index in [-0.39, 0.29) is 11.8 Å². The van der Waals surface area contributed by atoms with Crippen molar-refractivity contribution in [3.63, 3.8) is 0 Å². The fourth-order valence-electron chi connectivity index (χ4n) is 2.22. The third-order valence-corrected chi connectivity index (χ3v) is 3.95. The lowest BCUT2D eigenvalue weighted by atomic mass is 10.1. The van der Waals surface area contributed by atoms with E-state index in [4.69, 9.17) is 0 Å². The van der Waals surface area contributed by atoms with Crippen LogP contribution in [0.3, 0.4) is 0 Å². The largest absolute Gasteiger partial charge is 0.278 e. The predicted molar refractivity (Wildman–Crippen MR) is 73.3 cm³/mol. The molecule has 0 radical (unpaired) electrons. The Hall–Kier alpha value is -1.16. The van der Waals surface area contributed by atoms with Crippen molar-refractivity contribution in [1.29, 1.82) is 0 Å². The maximum atomic E-state index is 12.4. The highest BCUT2D eigenvalue weighted by atomic mass is 79.9. The van der Waals surface area contributed by atoms with Crippen molar-refractivity contribution in [1.82, 2.24) is 4.90 Å². The van der Waals surface area contributed by atoms with Crippen LogP contribution in [0.15, 0.2) is 22.7 Å². The lowest BCUT2D eigenvalue weighted by Gasteiger charge is -2.16. The Balaban J connectivity index is 2.26. The molecule has 1 aromatic rings. The van der Waals surface area contributed by atoms with Crippen molar-refractivity contribution in [2.24, 2.45) is 5.92 Å². The monoisotopic (exact) mass is 309 g/mol. The Labute approximate surface area is 115 Å². The maximum Gasteiger partial charge on any atom is 0.260 e. The molecule has 1 heterocycles. The van der Waals surface area contributed by atoms with Gasteiger partial charge in [-0.1, -0.05) is 35.3 Å². The SMILES string of the molecule is CCC1CC(=O)N(C(=O)c2cc(Br)ccc2C)C1. The minimum absolute atomic E-state index is 0.0498. The Kier molecular flexibility index (Phi) is 3.85. The first-order valence-electron chi connectivity index (χ1n) is 6.13. The first-order chi connectivity index (χ1) is 8.52. The molecule has 0 saturated carbocycles. The number of hydrogen-bond acceptors (Lipinski definition) is 2. The number of amides is 2. The molecule has 2 rings (SSSR count). The molecule has 0 aromatic heterocycles. The van der Waals surface area contributed by atoms with Crippen LogP contribution >= 0.6 is 15.9 Å². The van der Waals surface area contributed by atoms with E-state index in [1.807, 2.05) is 19.1 Å². The minimum Gasteiger partial charge on any atom is -0.278 e. The van der Waals surface area contributed by atoms with Gasteiger partial charge in [-0.25, -0.2) is 0 Å². The van der Waals surface area contributed by atoms with Crippen molar-refractivity contribution in [3.05, 3.63) is 33.8 Å². The van der Waals surface area contributed by atoms with E-state index in [2.05, 4.69) is 22.9 Å². The van der Waals surface area contributed by atoms with E-state index >= 15 is 0 Å². The molecule has 1 fully saturated rings. The zero-order chi connectivity index (χ0) is 13.3. The van der Waals surface area contributed by atoms with Crippen LogP contribution in [0.1, 0.15) is 35.7 Å². The molecule has 0 aliphatic carbocycles. The fourth-order valence-corrected chi connectivity index (χ4v) is 2.58. The van der Waals surface area contributed by atoms with Crippen LogP contribution in [0.25, 0.3) is 0 Å². The van der Waals surface area contributed by atoms with Gasteiger partial charge in [0, 0.05) is 23.0 Å². The number of hydrogen-bond donors (Lipinski definition) is 0. The van der Waals surface area contributed by atoms with Crippen LogP contribution in [0.4, 0.5) is 0 Å². The van der Waals surface area contributed by atoms with Gasteiger partial charge in [-0.2, -0.15) is 0 Å². The Morgan fingerprint density at radius 1 is 1.50 bits per heavy atom. The van der Waals surface area contributed by atoms with Crippen molar-refractivity contribution in [3.8, 4) is 0 Å². The van der Waals surface area contributed by atoms with Crippen LogP contribution in [-0.4, -0.2) is 23.3 Å². The Bertz CT molecular complexity index is 499. The highest BCUT2D eigenvalue weighted by molar-refractivity contribution is 9.10. The summed E-state index contributed by atoms with van der Waals surface area (Å²) in [6, 6.07) is 5.56. The molecule has 3 nitrogen and oxygen atoms in total. The average molecular weight is 310 g/mol. The van der Waals surface area contributed by atoms with Gasteiger partial charge in [0.05, 0.1) is 0 Å². The van der Waals surface area contributed by atoms with Gasteiger partial charge in [0.2, 0.25) is 5.91 Å². The summed E-state index contributed by atoms with van der Waals surface area (Å²) in [4.78, 5) is 25.6. The molecule has 1 saturated heterocycles.